The molecule has 0 aliphatic carbocycles. The lowest BCUT2D eigenvalue weighted by Crippen LogP contribution is -2.42. The van der Waals surface area contributed by atoms with Crippen LogP contribution in [0.2, 0.25) is 0 Å². The number of nitrogens with zero attached hydrogens (tertiary/aromatic N) is 1. The third-order valence-corrected chi connectivity index (χ3v) is 4.10. The Labute approximate surface area is 125 Å². The maximum absolute atomic E-state index is 12.1. The van der Waals surface area contributed by atoms with Crippen molar-refractivity contribution in [3.05, 3.63) is 35.4 Å². The van der Waals surface area contributed by atoms with E-state index in [0.717, 1.165) is 19.3 Å². The first-order valence-corrected chi connectivity index (χ1v) is 7.62. The van der Waals surface area contributed by atoms with Crippen LogP contribution >= 0.6 is 0 Å². The van der Waals surface area contributed by atoms with Crippen LogP contribution in [0.25, 0.3) is 0 Å². The van der Waals surface area contributed by atoms with Gasteiger partial charge >= 0.3 is 5.97 Å². The molecule has 0 aromatic heterocycles. The lowest BCUT2D eigenvalue weighted by Gasteiger charge is -2.30. The number of carboxylic acid groups (broad SMARTS) is 1. The van der Waals surface area contributed by atoms with Crippen LogP contribution < -0.4 is 0 Å². The summed E-state index contributed by atoms with van der Waals surface area (Å²) in [5.41, 5.74) is 2.48. The van der Waals surface area contributed by atoms with Crippen LogP contribution in [0.1, 0.15) is 36.8 Å². The number of carboxylic acids is 1. The van der Waals surface area contributed by atoms with Crippen molar-refractivity contribution in [3.8, 4) is 0 Å². The molecule has 21 heavy (non-hydrogen) atoms. The summed E-state index contributed by atoms with van der Waals surface area (Å²) in [7, 11) is 0. The second kappa shape index (κ2) is 7.25. The number of hydrogen-bond acceptors (Lipinski definition) is 2. The monoisotopic (exact) mass is 289 g/mol. The summed E-state index contributed by atoms with van der Waals surface area (Å²) in [5.74, 6) is -1.08. The Balaban J connectivity index is 1.76. The first kappa shape index (κ1) is 15.5. The predicted octanol–water partition coefficient (Wildman–Crippen LogP) is 2.64. The second-order valence-electron chi connectivity index (χ2n) is 5.86. The maximum atomic E-state index is 12.1. The van der Waals surface area contributed by atoms with Gasteiger partial charge in [-0.1, -0.05) is 29.8 Å². The average molecular weight is 289 g/mol. The Morgan fingerprint density at radius 2 is 2.00 bits per heavy atom. The molecule has 1 heterocycles. The maximum Gasteiger partial charge on any atom is 0.308 e. The van der Waals surface area contributed by atoms with Crippen LogP contribution in [0.5, 0.6) is 0 Å². The van der Waals surface area contributed by atoms with Gasteiger partial charge in [0.2, 0.25) is 5.91 Å². The number of aliphatic carboxylic acids is 1. The zero-order chi connectivity index (χ0) is 15.2. The van der Waals surface area contributed by atoms with Crippen molar-refractivity contribution in [2.75, 3.05) is 13.1 Å². The SMILES string of the molecule is Cc1ccc(CCCC(=O)N2CCCC(C(=O)O)C2)cc1. The fourth-order valence-corrected chi connectivity index (χ4v) is 2.76. The second-order valence-corrected chi connectivity index (χ2v) is 5.86. The van der Waals surface area contributed by atoms with Crippen molar-refractivity contribution in [2.45, 2.75) is 39.0 Å². The summed E-state index contributed by atoms with van der Waals surface area (Å²) in [6, 6.07) is 8.36. The molecule has 1 atom stereocenters. The van der Waals surface area contributed by atoms with Gasteiger partial charge < -0.3 is 10.0 Å². The van der Waals surface area contributed by atoms with Gasteiger partial charge in [0.1, 0.15) is 0 Å². The number of aryl methyl sites for hydroxylation is 2. The summed E-state index contributed by atoms with van der Waals surface area (Å²) >= 11 is 0. The number of rotatable bonds is 5. The van der Waals surface area contributed by atoms with Crippen molar-refractivity contribution in [1.29, 1.82) is 0 Å². The standard InChI is InChI=1S/C17H23NO3/c1-13-7-9-14(10-8-13)4-2-6-16(19)18-11-3-5-15(12-18)17(20)21/h7-10,15H,2-6,11-12H2,1H3,(H,20,21). The number of amides is 1. The minimum Gasteiger partial charge on any atom is -0.481 e. The van der Waals surface area contributed by atoms with E-state index in [1.807, 2.05) is 0 Å². The molecule has 4 heteroatoms. The molecule has 0 spiro atoms. The topological polar surface area (TPSA) is 57.6 Å². The minimum absolute atomic E-state index is 0.0908. The molecule has 1 aromatic rings. The third kappa shape index (κ3) is 4.59. The van der Waals surface area contributed by atoms with E-state index in [1.165, 1.54) is 11.1 Å². The minimum atomic E-state index is -0.785. The lowest BCUT2D eigenvalue weighted by atomic mass is 9.97. The number of carbonyl (C=O) groups excluding carboxylic acids is 1. The molecule has 1 amide bonds. The average Bonchev–Trinajstić information content (AvgIpc) is 2.49. The highest BCUT2D eigenvalue weighted by Gasteiger charge is 2.27. The Bertz CT molecular complexity index is 495. The first-order valence-electron chi connectivity index (χ1n) is 7.62. The lowest BCUT2D eigenvalue weighted by molar-refractivity contribution is -0.145. The van der Waals surface area contributed by atoms with Crippen LogP contribution in [0.15, 0.2) is 24.3 Å². The Hall–Kier alpha value is -1.84. The molecule has 1 N–H and O–H groups in total. The van der Waals surface area contributed by atoms with E-state index in [4.69, 9.17) is 5.11 Å². The number of likely N-dealkylation sites (tertiary alicyclic amines) is 1. The van der Waals surface area contributed by atoms with Crippen LogP contribution in [0.3, 0.4) is 0 Å². The number of benzene rings is 1. The molecule has 1 saturated heterocycles. The molecule has 1 aliphatic rings. The summed E-state index contributed by atoms with van der Waals surface area (Å²) in [6.07, 6.45) is 3.68. The van der Waals surface area contributed by atoms with Crippen LogP contribution in [0, 0.1) is 12.8 Å². The van der Waals surface area contributed by atoms with E-state index >= 15 is 0 Å². The molecule has 0 bridgehead atoms. The first-order chi connectivity index (χ1) is 10.1. The van der Waals surface area contributed by atoms with Crippen molar-refractivity contribution >= 4 is 11.9 Å². The van der Waals surface area contributed by atoms with Gasteiger partial charge in [-0.3, -0.25) is 9.59 Å². The van der Waals surface area contributed by atoms with Gasteiger partial charge in [-0.25, -0.2) is 0 Å². The molecule has 2 rings (SSSR count). The molecule has 1 aliphatic heterocycles. The molecule has 1 aromatic carbocycles. The molecule has 0 saturated carbocycles. The smallest absolute Gasteiger partial charge is 0.308 e. The van der Waals surface area contributed by atoms with E-state index in [2.05, 4.69) is 31.2 Å². The van der Waals surface area contributed by atoms with E-state index in [1.54, 1.807) is 4.90 Å². The van der Waals surface area contributed by atoms with Crippen LogP contribution in [-0.4, -0.2) is 35.0 Å². The molecular weight excluding hydrogens is 266 g/mol. The number of hydrogen-bond donors (Lipinski definition) is 1. The Morgan fingerprint density at radius 1 is 1.29 bits per heavy atom. The zero-order valence-corrected chi connectivity index (χ0v) is 12.5. The van der Waals surface area contributed by atoms with Crippen molar-refractivity contribution in [1.82, 2.24) is 4.90 Å². The molecule has 0 radical (unpaired) electrons. The fourth-order valence-electron chi connectivity index (χ4n) is 2.76. The van der Waals surface area contributed by atoms with Gasteiger partial charge in [0.15, 0.2) is 0 Å². The van der Waals surface area contributed by atoms with E-state index in [-0.39, 0.29) is 11.8 Å². The van der Waals surface area contributed by atoms with Crippen LogP contribution in [-0.2, 0) is 16.0 Å². The Kier molecular flexibility index (Phi) is 5.37. The summed E-state index contributed by atoms with van der Waals surface area (Å²) in [4.78, 5) is 24.9. The van der Waals surface area contributed by atoms with Gasteiger partial charge in [0, 0.05) is 19.5 Å². The fraction of sp³-hybridized carbons (Fsp3) is 0.529. The summed E-state index contributed by atoms with van der Waals surface area (Å²) in [5, 5.41) is 9.05. The summed E-state index contributed by atoms with van der Waals surface area (Å²) in [6.45, 7) is 3.13. The highest BCUT2D eigenvalue weighted by Crippen LogP contribution is 2.18. The highest BCUT2D eigenvalue weighted by molar-refractivity contribution is 5.78. The summed E-state index contributed by atoms with van der Waals surface area (Å²) < 4.78 is 0. The van der Waals surface area contributed by atoms with Gasteiger partial charge in [0.25, 0.3) is 0 Å². The van der Waals surface area contributed by atoms with E-state index in [9.17, 15) is 9.59 Å². The highest BCUT2D eigenvalue weighted by atomic mass is 16.4. The van der Waals surface area contributed by atoms with Gasteiger partial charge in [0.05, 0.1) is 5.92 Å². The van der Waals surface area contributed by atoms with Gasteiger partial charge in [-0.2, -0.15) is 0 Å². The van der Waals surface area contributed by atoms with Gasteiger partial charge in [-0.15, -0.1) is 0 Å². The number of carbonyl (C=O) groups is 2. The van der Waals surface area contributed by atoms with E-state index in [0.29, 0.717) is 25.9 Å². The quantitative estimate of drug-likeness (QED) is 0.906. The third-order valence-electron chi connectivity index (χ3n) is 4.10. The van der Waals surface area contributed by atoms with Crippen molar-refractivity contribution in [3.63, 3.8) is 0 Å². The van der Waals surface area contributed by atoms with Crippen molar-refractivity contribution < 1.29 is 14.7 Å². The van der Waals surface area contributed by atoms with Gasteiger partial charge in [-0.05, 0) is 38.2 Å². The largest absolute Gasteiger partial charge is 0.481 e. The van der Waals surface area contributed by atoms with Crippen LogP contribution in [0.4, 0.5) is 0 Å². The Morgan fingerprint density at radius 3 is 2.67 bits per heavy atom. The molecular formula is C17H23NO3. The zero-order valence-electron chi connectivity index (χ0n) is 12.5. The van der Waals surface area contributed by atoms with Crippen molar-refractivity contribution in [2.24, 2.45) is 5.92 Å². The molecule has 114 valence electrons. The normalized spacial score (nSPS) is 18.5. The van der Waals surface area contributed by atoms with E-state index < -0.39 is 5.97 Å². The molecule has 4 nitrogen and oxygen atoms in total. The predicted molar refractivity (Wildman–Crippen MR) is 81.1 cm³/mol. The molecule has 1 unspecified atom stereocenters. The molecule has 1 fully saturated rings. The number of piperidine rings is 1.